The minimum absolute atomic E-state index is 0. The third-order valence-corrected chi connectivity index (χ3v) is 46.1. The second kappa shape index (κ2) is 40.6. The molecule has 698 valence electrons. The summed E-state index contributed by atoms with van der Waals surface area (Å²) in [7, 11) is -16.7. The molecule has 6 bridgehead atoms. The van der Waals surface area contributed by atoms with Gasteiger partial charge < -0.3 is 66.6 Å². The normalized spacial score (nSPS) is 25.1. The van der Waals surface area contributed by atoms with Gasteiger partial charge in [0.1, 0.15) is 0 Å². The summed E-state index contributed by atoms with van der Waals surface area (Å²) in [5.74, 6) is -53.5. The van der Waals surface area contributed by atoms with E-state index in [0.29, 0.717) is 37.4 Å². The van der Waals surface area contributed by atoms with Crippen molar-refractivity contribution >= 4 is 125 Å². The summed E-state index contributed by atoms with van der Waals surface area (Å²) in [6.07, 6.45) is -18.2. The molecule has 0 aromatic heterocycles. The molecule has 0 unspecified atom stereocenters. The zero-order chi connectivity index (χ0) is 93.5. The number of carbonyl (C=O) groups is 3. The van der Waals surface area contributed by atoms with E-state index in [9.17, 15) is 122 Å². The Morgan fingerprint density at radius 1 is 0.355 bits per heavy atom. The Hall–Kier alpha value is -0.393. The van der Waals surface area contributed by atoms with Crippen LogP contribution in [0.25, 0.3) is 0 Å². The van der Waals surface area contributed by atoms with Gasteiger partial charge in [0, 0.05) is 19.8 Å². The van der Waals surface area contributed by atoms with Crippen molar-refractivity contribution in [2.45, 2.75) is 289 Å². The van der Waals surface area contributed by atoms with E-state index >= 15 is 0 Å². The van der Waals surface area contributed by atoms with E-state index in [2.05, 4.69) is 0 Å². The number of hydrogen-bond acceptors (Lipinski definition) is 18. The van der Waals surface area contributed by atoms with E-state index in [0.717, 1.165) is 0 Å². The fourth-order valence-electron chi connectivity index (χ4n) is 15.1. The maximum atomic E-state index is 14.3. The molecule has 10 radical (unpaired) electrons. The van der Waals surface area contributed by atoms with E-state index < -0.39 is 233 Å². The Bertz CT molecular complexity index is 3260. The molecule has 6 aliphatic rings. The molecule has 0 aliphatic heterocycles. The maximum absolute atomic E-state index is 14.3. The van der Waals surface area contributed by atoms with Crippen molar-refractivity contribution in [3.8, 4) is 0 Å². The van der Waals surface area contributed by atoms with Gasteiger partial charge in [0.25, 0.3) is 0 Å². The van der Waals surface area contributed by atoms with Crippen LogP contribution >= 0.6 is 0 Å². The standard InChI is InChI=1S/3C23H38F7O6Si4.Gd/c3*1-19(2)15-10-11-20(19,17(31)16(15)18(32)21(24,25)22(26,27)23(28,29)30)14-33-12-9-13-38(36-40(6,7)8)34-37-35-39(3,4)5;/h3*15,32H,9-14H2,1-8H3;/q;;;+3/p-3/b3*18-16-;/t3*15-,20-;/m111./s1. The first-order valence-electron chi connectivity index (χ1n) is 38.5. The average molecular weight is 2120 g/mol. The molecule has 6 fully saturated rings. The van der Waals surface area contributed by atoms with E-state index in [4.69, 9.17) is 51.2 Å². The van der Waals surface area contributed by atoms with E-state index in [1.54, 1.807) is 0 Å². The van der Waals surface area contributed by atoms with Gasteiger partial charge in [-0.1, -0.05) is 41.5 Å². The fourth-order valence-corrected chi connectivity index (χ4v) is 34.4. The molecule has 0 aromatic rings. The van der Waals surface area contributed by atoms with Crippen LogP contribution in [0.5, 0.6) is 0 Å². The molecule has 0 aromatic carbocycles. The summed E-state index contributed by atoms with van der Waals surface area (Å²) < 4.78 is 352. The van der Waals surface area contributed by atoms with Crippen LogP contribution in [0.2, 0.25) is 136 Å². The first-order chi connectivity index (χ1) is 53.5. The third-order valence-electron chi connectivity index (χ3n) is 21.6. The predicted octanol–water partition coefficient (Wildman–Crippen LogP) is 16.8. The van der Waals surface area contributed by atoms with Crippen molar-refractivity contribution < 1.29 is 213 Å². The third kappa shape index (κ3) is 26.1. The van der Waals surface area contributed by atoms with Crippen LogP contribution in [0.3, 0.4) is 0 Å². The second-order valence-corrected chi connectivity index (χ2v) is 75.2. The molecule has 6 atom stereocenters. The van der Waals surface area contributed by atoms with Crippen LogP contribution in [-0.2, 0) is 65.6 Å². The molecule has 0 saturated heterocycles. The number of hydrogen-bond donors (Lipinski definition) is 0. The molecule has 6 rings (SSSR count). The molecule has 6 aliphatic carbocycles. The monoisotopic (exact) mass is 2120 g/mol. The number of alkyl halides is 21. The van der Waals surface area contributed by atoms with Gasteiger partial charge in [-0.05, 0) is 262 Å². The van der Waals surface area contributed by atoms with Gasteiger partial charge in [-0.2, -0.15) is 92.2 Å². The molecular weight excluding hydrogens is 2010 g/mol. The van der Waals surface area contributed by atoms with Crippen LogP contribution in [0.15, 0.2) is 34.0 Å². The van der Waals surface area contributed by atoms with Gasteiger partial charge in [-0.15, -0.1) is 0 Å². The second-order valence-electron chi connectivity index (χ2n) is 38.3. The van der Waals surface area contributed by atoms with Crippen molar-refractivity contribution in [1.29, 1.82) is 0 Å². The average Bonchev–Trinajstić information content (AvgIpc) is 1.51. The van der Waals surface area contributed by atoms with Crippen molar-refractivity contribution in [1.82, 2.24) is 0 Å². The molecular formula is C69H111F21GdO18Si12. The van der Waals surface area contributed by atoms with Crippen LogP contribution in [0, 0.1) is 90.2 Å². The van der Waals surface area contributed by atoms with Crippen molar-refractivity contribution in [3.05, 3.63) is 34.0 Å². The van der Waals surface area contributed by atoms with Gasteiger partial charge in [0.05, 0.1) is 36.1 Å². The van der Waals surface area contributed by atoms with Gasteiger partial charge in [-0.3, -0.25) is 14.4 Å². The number of fused-ring (bicyclic) bond motifs is 6. The van der Waals surface area contributed by atoms with Gasteiger partial charge in [0.2, 0.25) is 0 Å². The van der Waals surface area contributed by atoms with Gasteiger partial charge in [-0.25, -0.2) is 0 Å². The van der Waals surface area contributed by atoms with E-state index in [1.807, 2.05) is 118 Å². The van der Waals surface area contributed by atoms with Crippen molar-refractivity contribution in [3.63, 3.8) is 0 Å². The summed E-state index contributed by atoms with van der Waals surface area (Å²) in [5, 5.41) is 37.3. The summed E-state index contributed by atoms with van der Waals surface area (Å²) in [6.45, 7) is 45.1. The van der Waals surface area contributed by atoms with Crippen LogP contribution < -0.4 is 15.3 Å². The minimum atomic E-state index is -6.67. The Morgan fingerprint density at radius 2 is 0.545 bits per heavy atom. The zero-order valence-corrected chi connectivity index (χ0v) is 86.4. The van der Waals surface area contributed by atoms with Crippen molar-refractivity contribution in [2.24, 2.45) is 50.2 Å². The van der Waals surface area contributed by atoms with E-state index in [-0.39, 0.29) is 148 Å². The molecule has 0 N–H and O–H groups in total. The minimum Gasteiger partial charge on any atom is -0.871 e. The molecule has 0 amide bonds. The van der Waals surface area contributed by atoms with Crippen LogP contribution in [-0.4, -0.2) is 219 Å². The van der Waals surface area contributed by atoms with Crippen molar-refractivity contribution in [2.75, 3.05) is 39.6 Å². The summed E-state index contributed by atoms with van der Waals surface area (Å²) in [6, 6.07) is 1.58. The van der Waals surface area contributed by atoms with E-state index in [1.165, 1.54) is 41.5 Å². The Labute approximate surface area is 746 Å². The Morgan fingerprint density at radius 3 is 0.711 bits per heavy atom. The maximum Gasteiger partial charge on any atom is 3.00 e. The number of ketones is 3. The first kappa shape index (κ1) is 115. The molecule has 52 heteroatoms. The molecule has 0 spiro atoms. The van der Waals surface area contributed by atoms with Crippen LogP contribution in [0.4, 0.5) is 92.2 Å². The topological polar surface area (TPSA) is 231 Å². The smallest absolute Gasteiger partial charge is 0.871 e. The number of carbonyl (C=O) groups excluding carboxylic acids is 3. The Balaban J connectivity index is 0.000000467. The molecule has 18 nitrogen and oxygen atoms in total. The van der Waals surface area contributed by atoms with Crippen LogP contribution in [0.1, 0.15) is 99.3 Å². The molecule has 6 saturated carbocycles. The number of allylic oxidation sites excluding steroid dienone is 6. The number of Topliss-reactive ketones (excluding diaryl/α,β-unsaturated/α-hetero) is 3. The SMILES string of the molecule is CC1(C)[C@@H]2CC[C@@]1(COCCC[Si](O[Si]O[Si](C)(C)C)O[Si](C)(C)C)C(=O)/C2=C(\[O-])C(F)(F)C(F)(F)C(F)(F)F.CC1(C)[C@@H]2CC[C@@]1(COCCC[Si](O[Si]O[Si](C)(C)C)O[Si](C)(C)C)C(=O)/C2=C(\[O-])C(F)(F)C(F)(F)C(F)(F)F.CC1(C)[C@@H]2CC[C@@]1(COCCC[Si](O[Si]O[Si](C)(C)C)O[Si](C)(C)C)C(=O)/C2=C(\[O-])C(F)(F)C(F)(F)C(F)(F)F.[Gd+3]. The first-order valence-corrected chi connectivity index (χ1v) is 66.0. The summed E-state index contributed by atoms with van der Waals surface area (Å²) in [4.78, 5) is 39.8. The number of ether oxygens (including phenoxy) is 3. The molecule has 0 heterocycles. The van der Waals surface area contributed by atoms with Gasteiger partial charge in [0.15, 0.2) is 67.3 Å². The fraction of sp³-hybridized carbons (Fsp3) is 0.870. The summed E-state index contributed by atoms with van der Waals surface area (Å²) >= 11 is 0. The molecule has 121 heavy (non-hydrogen) atoms. The number of halogens is 21. The quantitative estimate of drug-likeness (QED) is 0.0182. The van der Waals surface area contributed by atoms with Gasteiger partial charge >= 0.3 is 152 Å². The summed E-state index contributed by atoms with van der Waals surface area (Å²) in [5.41, 5.74) is -11.5. The zero-order valence-electron chi connectivity index (χ0n) is 72.1. The largest absolute Gasteiger partial charge is 3.00 e. The predicted molar refractivity (Wildman–Crippen MR) is 416 cm³/mol. The Kier molecular flexibility index (Phi) is 38.5. The number of rotatable bonds is 42.